The molecule has 5 N–H and O–H groups in total. The fraction of sp³-hybridized carbons (Fsp3) is 0.579. The highest BCUT2D eigenvalue weighted by Crippen LogP contribution is 2.33. The van der Waals surface area contributed by atoms with Crippen LogP contribution in [0.15, 0.2) is 6.07 Å². The summed E-state index contributed by atoms with van der Waals surface area (Å²) in [6.45, 7) is 3.24. The minimum atomic E-state index is -4.76. The van der Waals surface area contributed by atoms with Crippen LogP contribution in [0.1, 0.15) is 18.2 Å². The highest BCUT2D eigenvalue weighted by Gasteiger charge is 2.44. The van der Waals surface area contributed by atoms with Crippen molar-refractivity contribution in [2.75, 3.05) is 56.2 Å². The minimum absolute atomic E-state index is 0.0165. The van der Waals surface area contributed by atoms with Crippen LogP contribution in [0.5, 0.6) is 0 Å². The van der Waals surface area contributed by atoms with E-state index in [4.69, 9.17) is 21.0 Å². The second kappa shape index (κ2) is 10.4. The van der Waals surface area contributed by atoms with Crippen LogP contribution in [0.25, 0.3) is 10.2 Å². The molecule has 3 heterocycles. The van der Waals surface area contributed by atoms with E-state index in [0.717, 1.165) is 32.5 Å². The zero-order chi connectivity index (χ0) is 23.3. The van der Waals surface area contributed by atoms with E-state index in [1.807, 2.05) is 11.0 Å². The fourth-order valence-corrected chi connectivity index (χ4v) is 4.48. The lowest BCUT2D eigenvalue weighted by atomic mass is 10.2. The first kappa shape index (κ1) is 24.1. The van der Waals surface area contributed by atoms with Gasteiger partial charge in [0.1, 0.15) is 17.2 Å². The monoisotopic (exact) mass is 474 g/mol. The van der Waals surface area contributed by atoms with Gasteiger partial charge < -0.3 is 25.8 Å². The topological polar surface area (TPSA) is 123 Å². The van der Waals surface area contributed by atoms with E-state index in [2.05, 4.69) is 22.2 Å². The number of thiophene rings is 1. The molecule has 176 valence electrons. The maximum Gasteiger partial charge on any atom is 0.481 e. The van der Waals surface area contributed by atoms with Gasteiger partial charge in [0.05, 0.1) is 38.3 Å². The number of aromatic nitrogens is 2. The lowest BCUT2D eigenvalue weighted by Gasteiger charge is -2.29. The number of nitrogens with two attached hydrogens (primary N) is 1. The SMILES string of the molecule is CCCc1cc2c(N3CC[N+](C(=N)C(F)(F)F)=C(N)C3)nc(NCCOCCO)nc2s1. The predicted octanol–water partition coefficient (Wildman–Crippen LogP) is 1.79. The second-order valence-corrected chi connectivity index (χ2v) is 8.34. The van der Waals surface area contributed by atoms with Crippen molar-refractivity contribution >= 4 is 45.0 Å². The maximum atomic E-state index is 13.0. The summed E-state index contributed by atoms with van der Waals surface area (Å²) in [6, 6.07) is 2.02. The van der Waals surface area contributed by atoms with Gasteiger partial charge in [0.2, 0.25) is 11.8 Å². The first-order valence-electron chi connectivity index (χ1n) is 10.3. The molecule has 0 unspecified atom stereocenters. The van der Waals surface area contributed by atoms with Crippen molar-refractivity contribution in [3.63, 3.8) is 0 Å². The number of ether oxygens (including phenoxy) is 1. The lowest BCUT2D eigenvalue weighted by molar-refractivity contribution is -0.431. The molecular formula is C19H27F3N7O2S+. The number of aliphatic hydroxyl groups is 1. The van der Waals surface area contributed by atoms with Gasteiger partial charge in [-0.25, -0.2) is 9.56 Å². The van der Waals surface area contributed by atoms with Gasteiger partial charge in [0, 0.05) is 11.4 Å². The van der Waals surface area contributed by atoms with Crippen molar-refractivity contribution in [3.05, 3.63) is 10.9 Å². The Morgan fingerprint density at radius 2 is 2.19 bits per heavy atom. The summed E-state index contributed by atoms with van der Waals surface area (Å²) in [7, 11) is 0. The Morgan fingerprint density at radius 3 is 2.84 bits per heavy atom. The van der Waals surface area contributed by atoms with Crippen molar-refractivity contribution in [1.82, 2.24) is 9.97 Å². The normalized spacial score (nSPS) is 15.0. The standard InChI is InChI=1S/C19H26F3N7O2S/c1-2-3-12-10-13-15(26-18(27-16(13)32-12)25-4-8-31-9-7-30)28-5-6-29(14(23)11-28)17(24)19(20,21)22/h10,23-24,30H,2-9,11H2,1H3,(H,25,26,27)/p+1. The molecule has 0 atom stereocenters. The molecule has 2 aromatic rings. The number of fused-ring (bicyclic) bond motifs is 1. The first-order chi connectivity index (χ1) is 15.2. The number of amidine groups is 2. The molecule has 3 rings (SSSR count). The Kier molecular flexibility index (Phi) is 7.85. The summed E-state index contributed by atoms with van der Waals surface area (Å²) in [4.78, 5) is 12.9. The van der Waals surface area contributed by atoms with Crippen LogP contribution in [0, 0.1) is 5.41 Å². The van der Waals surface area contributed by atoms with E-state index < -0.39 is 12.0 Å². The number of hydrogen-bond donors (Lipinski definition) is 4. The van der Waals surface area contributed by atoms with E-state index >= 15 is 0 Å². The van der Waals surface area contributed by atoms with Gasteiger partial charge in [-0.3, -0.25) is 0 Å². The molecule has 0 spiro atoms. The van der Waals surface area contributed by atoms with Gasteiger partial charge in [-0.2, -0.15) is 23.6 Å². The van der Waals surface area contributed by atoms with Crippen molar-refractivity contribution < 1.29 is 27.6 Å². The molecule has 2 aromatic heterocycles. The van der Waals surface area contributed by atoms with Crippen molar-refractivity contribution in [2.45, 2.75) is 25.9 Å². The van der Waals surface area contributed by atoms with Gasteiger partial charge >= 0.3 is 12.0 Å². The zero-order valence-electron chi connectivity index (χ0n) is 17.7. The largest absolute Gasteiger partial charge is 0.481 e. The Hall–Kier alpha value is -2.51. The van der Waals surface area contributed by atoms with Crippen LogP contribution >= 0.6 is 11.3 Å². The van der Waals surface area contributed by atoms with Crippen LogP contribution in [-0.4, -0.2) is 83.5 Å². The molecule has 9 nitrogen and oxygen atoms in total. The zero-order valence-corrected chi connectivity index (χ0v) is 18.5. The third-order valence-electron chi connectivity index (χ3n) is 4.82. The molecule has 0 fully saturated rings. The smallest absolute Gasteiger partial charge is 0.394 e. The number of aliphatic hydroxyl groups excluding tert-OH is 1. The summed E-state index contributed by atoms with van der Waals surface area (Å²) in [5, 5.41) is 20.1. The van der Waals surface area contributed by atoms with Crippen molar-refractivity contribution in [2.24, 2.45) is 5.73 Å². The van der Waals surface area contributed by atoms with E-state index in [9.17, 15) is 13.2 Å². The average Bonchev–Trinajstić information content (AvgIpc) is 3.14. The number of halogens is 3. The average molecular weight is 475 g/mol. The van der Waals surface area contributed by atoms with Gasteiger partial charge in [-0.1, -0.05) is 13.3 Å². The number of aryl methyl sites for hydroxylation is 1. The van der Waals surface area contributed by atoms with Crippen molar-refractivity contribution in [3.8, 4) is 0 Å². The third kappa shape index (κ3) is 5.64. The predicted molar refractivity (Wildman–Crippen MR) is 118 cm³/mol. The van der Waals surface area contributed by atoms with E-state index in [0.29, 0.717) is 24.9 Å². The summed E-state index contributed by atoms with van der Waals surface area (Å²) in [5.74, 6) is -0.544. The molecule has 32 heavy (non-hydrogen) atoms. The summed E-state index contributed by atoms with van der Waals surface area (Å²) in [6.07, 6.45) is -2.89. The molecule has 0 saturated heterocycles. The summed E-state index contributed by atoms with van der Waals surface area (Å²) >= 11 is 1.56. The molecule has 0 aliphatic carbocycles. The van der Waals surface area contributed by atoms with Crippen LogP contribution in [-0.2, 0) is 11.2 Å². The van der Waals surface area contributed by atoms with Gasteiger partial charge in [-0.15, -0.1) is 11.3 Å². The van der Waals surface area contributed by atoms with Crippen molar-refractivity contribution in [1.29, 1.82) is 5.41 Å². The summed E-state index contributed by atoms with van der Waals surface area (Å²) < 4.78 is 44.9. The first-order valence-corrected chi connectivity index (χ1v) is 11.1. The quantitative estimate of drug-likeness (QED) is 0.189. The van der Waals surface area contributed by atoms with Gasteiger partial charge in [0.15, 0.2) is 0 Å². The summed E-state index contributed by atoms with van der Waals surface area (Å²) in [5.41, 5.74) is 5.93. The molecule has 0 amide bonds. The fourth-order valence-electron chi connectivity index (χ4n) is 3.36. The molecule has 0 radical (unpaired) electrons. The Balaban J connectivity index is 1.88. The highest BCUT2D eigenvalue weighted by atomic mass is 32.1. The minimum Gasteiger partial charge on any atom is -0.394 e. The number of anilines is 2. The second-order valence-electron chi connectivity index (χ2n) is 7.23. The maximum absolute atomic E-state index is 13.0. The van der Waals surface area contributed by atoms with Crippen LogP contribution in [0.3, 0.4) is 0 Å². The number of alkyl halides is 3. The van der Waals surface area contributed by atoms with E-state index in [-0.39, 0.29) is 38.7 Å². The Labute approximate surface area is 187 Å². The molecule has 13 heteroatoms. The lowest BCUT2D eigenvalue weighted by Crippen LogP contribution is -2.53. The Morgan fingerprint density at radius 1 is 1.41 bits per heavy atom. The number of nitrogens with zero attached hydrogens (tertiary/aromatic N) is 4. The highest BCUT2D eigenvalue weighted by molar-refractivity contribution is 7.18. The number of nitrogens with one attached hydrogen (secondary N) is 2. The molecular weight excluding hydrogens is 447 g/mol. The molecule has 0 saturated carbocycles. The number of rotatable bonds is 9. The molecule has 0 aromatic carbocycles. The molecule has 1 aliphatic heterocycles. The van der Waals surface area contributed by atoms with Crippen LogP contribution in [0.2, 0.25) is 0 Å². The van der Waals surface area contributed by atoms with Gasteiger partial charge in [-0.05, 0) is 12.5 Å². The van der Waals surface area contributed by atoms with Gasteiger partial charge in [0.25, 0.3) is 0 Å². The third-order valence-corrected chi connectivity index (χ3v) is 5.90. The molecule has 0 bridgehead atoms. The number of hydrogen-bond acceptors (Lipinski definition) is 9. The molecule has 1 aliphatic rings. The Bertz CT molecular complexity index is 993. The van der Waals surface area contributed by atoms with Crippen LogP contribution in [0.4, 0.5) is 24.9 Å². The van der Waals surface area contributed by atoms with Crippen LogP contribution < -0.4 is 16.0 Å². The van der Waals surface area contributed by atoms with E-state index in [1.165, 1.54) is 0 Å². The van der Waals surface area contributed by atoms with E-state index in [1.54, 1.807) is 11.3 Å².